The summed E-state index contributed by atoms with van der Waals surface area (Å²) in [6.07, 6.45) is 0. The number of rotatable bonds is 4. The number of carbonyl (C=O) groups excluding carboxylic acids is 1. The molecule has 0 aliphatic heterocycles. The molecule has 1 heterocycles. The molecule has 8 heteroatoms. The number of halogens is 1. The Balaban J connectivity index is 1.90. The number of benzene rings is 2. The molecule has 0 radical (unpaired) electrons. The van der Waals surface area contributed by atoms with Crippen LogP contribution in [0.1, 0.15) is 20.8 Å². The van der Waals surface area contributed by atoms with E-state index in [1.165, 1.54) is 17.4 Å². The largest absolute Gasteiger partial charge is 0.298 e. The van der Waals surface area contributed by atoms with Crippen LogP contribution in [0, 0.1) is 24.0 Å². The first-order valence-electron chi connectivity index (χ1n) is 7.65. The van der Waals surface area contributed by atoms with Gasteiger partial charge in [0.15, 0.2) is 5.13 Å². The average molecular weight is 432 g/mol. The first-order chi connectivity index (χ1) is 12.4. The van der Waals surface area contributed by atoms with Gasteiger partial charge in [0.25, 0.3) is 11.6 Å². The molecule has 1 N–H and O–H groups in total. The predicted octanol–water partition coefficient (Wildman–Crippen LogP) is 5.35. The van der Waals surface area contributed by atoms with Crippen molar-refractivity contribution >= 4 is 44.0 Å². The number of aromatic nitrogens is 1. The van der Waals surface area contributed by atoms with Crippen LogP contribution in [0.5, 0.6) is 0 Å². The number of hydrogen-bond donors (Lipinski definition) is 1. The molecule has 0 fully saturated rings. The third kappa shape index (κ3) is 3.66. The molecule has 1 aromatic heterocycles. The highest BCUT2D eigenvalue weighted by Crippen LogP contribution is 2.32. The van der Waals surface area contributed by atoms with E-state index >= 15 is 0 Å². The maximum Gasteiger partial charge on any atom is 0.285 e. The van der Waals surface area contributed by atoms with E-state index in [1.807, 2.05) is 31.2 Å². The molecular formula is C18H14BrN3O3S. The molecule has 0 unspecified atom stereocenters. The third-order valence-corrected chi connectivity index (χ3v) is 5.21. The van der Waals surface area contributed by atoms with Gasteiger partial charge < -0.3 is 0 Å². The Bertz CT molecular complexity index is 999. The van der Waals surface area contributed by atoms with Gasteiger partial charge in [-0.2, -0.15) is 0 Å². The smallest absolute Gasteiger partial charge is 0.285 e. The summed E-state index contributed by atoms with van der Waals surface area (Å²) in [5.74, 6) is -0.545. The summed E-state index contributed by atoms with van der Waals surface area (Å²) in [5.41, 5.74) is 1.98. The second-order valence-corrected chi connectivity index (χ2v) is 7.73. The number of para-hydroxylation sites is 1. The van der Waals surface area contributed by atoms with E-state index in [-0.39, 0.29) is 11.3 Å². The number of thiazole rings is 1. The molecule has 0 saturated heterocycles. The van der Waals surface area contributed by atoms with Crippen molar-refractivity contribution < 1.29 is 9.72 Å². The van der Waals surface area contributed by atoms with Crippen molar-refractivity contribution in [1.82, 2.24) is 4.98 Å². The zero-order valence-corrected chi connectivity index (χ0v) is 16.3. The number of nitro benzene ring substituents is 1. The number of anilines is 1. The molecule has 0 aliphatic rings. The van der Waals surface area contributed by atoms with Gasteiger partial charge in [-0.05, 0) is 32.0 Å². The first kappa shape index (κ1) is 18.2. The van der Waals surface area contributed by atoms with Crippen molar-refractivity contribution in [2.45, 2.75) is 13.8 Å². The highest BCUT2D eigenvalue weighted by molar-refractivity contribution is 9.10. The van der Waals surface area contributed by atoms with E-state index in [0.29, 0.717) is 10.7 Å². The monoisotopic (exact) mass is 431 g/mol. The van der Waals surface area contributed by atoms with Crippen LogP contribution in [-0.2, 0) is 0 Å². The minimum atomic E-state index is -0.545. The number of nitrogens with one attached hydrogen (secondary N) is 1. The van der Waals surface area contributed by atoms with Crippen LogP contribution in [-0.4, -0.2) is 15.8 Å². The molecule has 2 aromatic carbocycles. The summed E-state index contributed by atoms with van der Waals surface area (Å²) in [5, 5.41) is 14.4. The van der Waals surface area contributed by atoms with Crippen LogP contribution in [0.2, 0.25) is 0 Å². The van der Waals surface area contributed by atoms with E-state index in [9.17, 15) is 14.9 Å². The Morgan fingerprint density at radius 1 is 1.19 bits per heavy atom. The Hall–Kier alpha value is -2.58. The van der Waals surface area contributed by atoms with Crippen molar-refractivity contribution in [1.29, 1.82) is 0 Å². The number of hydrogen-bond acceptors (Lipinski definition) is 5. The highest BCUT2D eigenvalue weighted by atomic mass is 79.9. The lowest BCUT2D eigenvalue weighted by atomic mass is 10.1. The minimum Gasteiger partial charge on any atom is -0.298 e. The molecule has 0 saturated carbocycles. The van der Waals surface area contributed by atoms with Crippen LogP contribution in [0.3, 0.4) is 0 Å². The SMILES string of the molecule is Cc1cccc(C(=O)Nc2nc(-c3ccc(Br)cc3)c(C)s2)c1[N+](=O)[O-]. The van der Waals surface area contributed by atoms with Crippen molar-refractivity contribution in [3.63, 3.8) is 0 Å². The molecule has 0 atom stereocenters. The van der Waals surface area contributed by atoms with E-state index in [2.05, 4.69) is 26.2 Å². The van der Waals surface area contributed by atoms with Crippen molar-refractivity contribution in [2.75, 3.05) is 5.32 Å². The van der Waals surface area contributed by atoms with Crippen molar-refractivity contribution in [2.24, 2.45) is 0 Å². The van der Waals surface area contributed by atoms with Crippen molar-refractivity contribution in [3.8, 4) is 11.3 Å². The second kappa shape index (κ2) is 7.35. The van der Waals surface area contributed by atoms with Gasteiger partial charge in [0.05, 0.1) is 10.6 Å². The third-order valence-electron chi connectivity index (χ3n) is 3.80. The molecule has 1 amide bonds. The quantitative estimate of drug-likeness (QED) is 0.445. The molecular weight excluding hydrogens is 418 g/mol. The highest BCUT2D eigenvalue weighted by Gasteiger charge is 2.23. The van der Waals surface area contributed by atoms with Gasteiger partial charge in [-0.25, -0.2) is 4.98 Å². The van der Waals surface area contributed by atoms with Gasteiger partial charge in [-0.3, -0.25) is 20.2 Å². The fourth-order valence-electron chi connectivity index (χ4n) is 2.57. The molecule has 0 bridgehead atoms. The summed E-state index contributed by atoms with van der Waals surface area (Å²) in [6, 6.07) is 12.4. The topological polar surface area (TPSA) is 85.1 Å². The van der Waals surface area contributed by atoms with Crippen molar-refractivity contribution in [3.05, 3.63) is 73.1 Å². The van der Waals surface area contributed by atoms with Crippen LogP contribution >= 0.6 is 27.3 Å². The Morgan fingerprint density at radius 3 is 2.54 bits per heavy atom. The van der Waals surface area contributed by atoms with Crippen LogP contribution in [0.4, 0.5) is 10.8 Å². The van der Waals surface area contributed by atoms with Crippen LogP contribution in [0.15, 0.2) is 46.9 Å². The fraction of sp³-hybridized carbons (Fsp3) is 0.111. The summed E-state index contributed by atoms with van der Waals surface area (Å²) < 4.78 is 0.967. The lowest BCUT2D eigenvalue weighted by Gasteiger charge is -2.05. The van der Waals surface area contributed by atoms with E-state index in [0.717, 1.165) is 20.6 Å². The zero-order chi connectivity index (χ0) is 18.8. The molecule has 3 aromatic rings. The maximum atomic E-state index is 12.5. The van der Waals surface area contributed by atoms with Gasteiger partial charge in [0.2, 0.25) is 0 Å². The fourth-order valence-corrected chi connectivity index (χ4v) is 3.67. The molecule has 0 aliphatic carbocycles. The average Bonchev–Trinajstić information content (AvgIpc) is 2.95. The summed E-state index contributed by atoms with van der Waals surface area (Å²) in [6.45, 7) is 3.52. The zero-order valence-electron chi connectivity index (χ0n) is 13.9. The van der Waals surface area contributed by atoms with Gasteiger partial charge in [-0.1, -0.05) is 40.2 Å². The Morgan fingerprint density at radius 2 is 1.88 bits per heavy atom. The normalized spacial score (nSPS) is 10.6. The molecule has 132 valence electrons. The first-order valence-corrected chi connectivity index (χ1v) is 9.26. The summed E-state index contributed by atoms with van der Waals surface area (Å²) in [4.78, 5) is 28.7. The number of carbonyl (C=O) groups is 1. The number of nitro groups is 1. The standard InChI is InChI=1S/C18H14BrN3O3S/c1-10-4-3-5-14(16(10)22(24)25)17(23)21-18-20-15(11(2)26-18)12-6-8-13(19)9-7-12/h3-9H,1-2H3,(H,20,21,23). The molecule has 6 nitrogen and oxygen atoms in total. The molecule has 0 spiro atoms. The lowest BCUT2D eigenvalue weighted by molar-refractivity contribution is -0.385. The lowest BCUT2D eigenvalue weighted by Crippen LogP contribution is -2.14. The Kier molecular flexibility index (Phi) is 5.15. The summed E-state index contributed by atoms with van der Waals surface area (Å²) >= 11 is 4.72. The van der Waals surface area contributed by atoms with Gasteiger partial charge >= 0.3 is 0 Å². The van der Waals surface area contributed by atoms with Gasteiger partial charge in [-0.15, -0.1) is 11.3 Å². The van der Waals surface area contributed by atoms with Gasteiger partial charge in [0, 0.05) is 20.5 Å². The molecule has 3 rings (SSSR count). The Labute approximate surface area is 162 Å². The van der Waals surface area contributed by atoms with E-state index in [1.54, 1.807) is 19.1 Å². The molecule has 26 heavy (non-hydrogen) atoms. The summed E-state index contributed by atoms with van der Waals surface area (Å²) in [7, 11) is 0. The number of aryl methyl sites for hydroxylation is 2. The maximum absolute atomic E-state index is 12.5. The number of amides is 1. The minimum absolute atomic E-state index is 0.0213. The van der Waals surface area contributed by atoms with E-state index in [4.69, 9.17) is 0 Å². The van der Waals surface area contributed by atoms with Crippen LogP contribution in [0.25, 0.3) is 11.3 Å². The second-order valence-electron chi connectivity index (χ2n) is 5.61. The van der Waals surface area contributed by atoms with Crippen LogP contribution < -0.4 is 5.32 Å². The predicted molar refractivity (Wildman–Crippen MR) is 106 cm³/mol. The number of nitrogens with zero attached hydrogens (tertiary/aromatic N) is 2. The van der Waals surface area contributed by atoms with E-state index < -0.39 is 10.8 Å². The van der Waals surface area contributed by atoms with Gasteiger partial charge in [0.1, 0.15) is 5.56 Å².